The Morgan fingerprint density at radius 2 is 2.22 bits per heavy atom. The van der Waals surface area contributed by atoms with Gasteiger partial charge in [-0.2, -0.15) is 0 Å². The van der Waals surface area contributed by atoms with E-state index >= 15 is 0 Å². The van der Waals surface area contributed by atoms with Gasteiger partial charge in [-0.05, 0) is 31.9 Å². The van der Waals surface area contributed by atoms with Crippen molar-refractivity contribution in [1.29, 1.82) is 0 Å². The standard InChI is InChI=1S/C5H2Br2OS/c6-4-2-9-5(7)3(4)1-8/h1-2H. The molecule has 0 aliphatic rings. The van der Waals surface area contributed by atoms with E-state index in [2.05, 4.69) is 31.9 Å². The van der Waals surface area contributed by atoms with Gasteiger partial charge in [-0.3, -0.25) is 4.79 Å². The molecule has 0 N–H and O–H groups in total. The predicted molar refractivity (Wildman–Crippen MR) is 45.1 cm³/mol. The molecule has 0 amide bonds. The Morgan fingerprint density at radius 3 is 2.44 bits per heavy atom. The summed E-state index contributed by atoms with van der Waals surface area (Å²) in [6.45, 7) is 0. The second kappa shape index (κ2) is 2.94. The smallest absolute Gasteiger partial charge is 0.153 e. The molecule has 0 saturated carbocycles. The molecule has 1 heterocycles. The van der Waals surface area contributed by atoms with Gasteiger partial charge in [0, 0.05) is 9.85 Å². The van der Waals surface area contributed by atoms with Crippen LogP contribution in [0.1, 0.15) is 10.4 Å². The van der Waals surface area contributed by atoms with Gasteiger partial charge < -0.3 is 0 Å². The minimum Gasteiger partial charge on any atom is -0.298 e. The molecule has 48 valence electrons. The van der Waals surface area contributed by atoms with Crippen LogP contribution in [0.25, 0.3) is 0 Å². The number of thiophene rings is 1. The molecule has 1 rings (SSSR count). The lowest BCUT2D eigenvalue weighted by atomic mass is 10.4. The molecular weight excluding hydrogens is 268 g/mol. The first-order chi connectivity index (χ1) is 4.25. The SMILES string of the molecule is O=Cc1c(Br)csc1Br. The number of halogens is 2. The van der Waals surface area contributed by atoms with Gasteiger partial charge in [-0.1, -0.05) is 0 Å². The molecule has 0 radical (unpaired) electrons. The van der Waals surface area contributed by atoms with Crippen LogP contribution in [0.15, 0.2) is 13.6 Å². The number of hydrogen-bond donors (Lipinski definition) is 0. The van der Waals surface area contributed by atoms with Gasteiger partial charge in [0.1, 0.15) is 0 Å². The average Bonchev–Trinajstić information content (AvgIpc) is 2.12. The highest BCUT2D eigenvalue weighted by Gasteiger charge is 2.04. The summed E-state index contributed by atoms with van der Waals surface area (Å²) in [5, 5.41) is 1.87. The van der Waals surface area contributed by atoms with E-state index in [9.17, 15) is 4.79 Å². The summed E-state index contributed by atoms with van der Waals surface area (Å²) >= 11 is 7.96. The number of aldehydes is 1. The molecule has 0 atom stereocenters. The minimum atomic E-state index is 0.694. The van der Waals surface area contributed by atoms with Crippen LogP contribution in [0.2, 0.25) is 0 Å². The second-order valence-electron chi connectivity index (χ2n) is 1.39. The third-order valence-corrected chi connectivity index (χ3v) is 3.58. The topological polar surface area (TPSA) is 17.1 Å². The highest BCUT2D eigenvalue weighted by Crippen LogP contribution is 2.30. The first-order valence-corrected chi connectivity index (χ1v) is 4.60. The van der Waals surface area contributed by atoms with E-state index in [1.807, 2.05) is 5.38 Å². The van der Waals surface area contributed by atoms with Gasteiger partial charge >= 0.3 is 0 Å². The van der Waals surface area contributed by atoms with Crippen LogP contribution < -0.4 is 0 Å². The summed E-state index contributed by atoms with van der Waals surface area (Å²) in [5.41, 5.74) is 0.694. The molecule has 1 aromatic heterocycles. The van der Waals surface area contributed by atoms with Crippen molar-refractivity contribution in [2.45, 2.75) is 0 Å². The summed E-state index contributed by atoms with van der Waals surface area (Å²) in [7, 11) is 0. The van der Waals surface area contributed by atoms with Gasteiger partial charge in [0.2, 0.25) is 0 Å². The molecule has 0 saturated heterocycles. The maximum atomic E-state index is 10.3. The van der Waals surface area contributed by atoms with Crippen molar-refractivity contribution in [2.75, 3.05) is 0 Å². The van der Waals surface area contributed by atoms with Crippen LogP contribution >= 0.6 is 43.2 Å². The minimum absolute atomic E-state index is 0.694. The number of hydrogen-bond acceptors (Lipinski definition) is 2. The Hall–Kier alpha value is 0.330. The number of carbonyl (C=O) groups is 1. The van der Waals surface area contributed by atoms with E-state index in [0.29, 0.717) is 5.56 Å². The van der Waals surface area contributed by atoms with E-state index < -0.39 is 0 Å². The summed E-state index contributed by atoms with van der Waals surface area (Å²) in [5.74, 6) is 0. The zero-order chi connectivity index (χ0) is 6.85. The van der Waals surface area contributed by atoms with Crippen molar-refractivity contribution in [3.05, 3.63) is 19.2 Å². The maximum absolute atomic E-state index is 10.3. The molecule has 0 aliphatic carbocycles. The molecule has 0 fully saturated rings. The second-order valence-corrected chi connectivity index (χ2v) is 4.44. The van der Waals surface area contributed by atoms with Crippen molar-refractivity contribution >= 4 is 49.5 Å². The summed E-state index contributed by atoms with van der Waals surface area (Å²) in [6, 6.07) is 0. The molecule has 9 heavy (non-hydrogen) atoms. The predicted octanol–water partition coefficient (Wildman–Crippen LogP) is 3.09. The zero-order valence-corrected chi connectivity index (χ0v) is 8.22. The van der Waals surface area contributed by atoms with Gasteiger partial charge in [-0.25, -0.2) is 0 Å². The first-order valence-electron chi connectivity index (χ1n) is 2.13. The molecule has 0 unspecified atom stereocenters. The largest absolute Gasteiger partial charge is 0.298 e. The van der Waals surface area contributed by atoms with Gasteiger partial charge in [0.25, 0.3) is 0 Å². The lowest BCUT2D eigenvalue weighted by molar-refractivity contribution is 0.112. The fourth-order valence-corrected chi connectivity index (χ4v) is 2.60. The van der Waals surface area contributed by atoms with Crippen LogP contribution in [-0.4, -0.2) is 6.29 Å². The lowest BCUT2D eigenvalue weighted by Gasteiger charge is -1.82. The molecule has 0 aromatic carbocycles. The molecule has 0 aliphatic heterocycles. The number of rotatable bonds is 1. The molecule has 4 heteroatoms. The Labute approximate surface area is 73.3 Å². The van der Waals surface area contributed by atoms with E-state index in [-0.39, 0.29) is 0 Å². The molecule has 1 aromatic rings. The van der Waals surface area contributed by atoms with Gasteiger partial charge in [-0.15, -0.1) is 11.3 Å². The number of carbonyl (C=O) groups excluding carboxylic acids is 1. The molecule has 1 nitrogen and oxygen atoms in total. The van der Waals surface area contributed by atoms with Crippen molar-refractivity contribution in [2.24, 2.45) is 0 Å². The monoisotopic (exact) mass is 268 g/mol. The van der Waals surface area contributed by atoms with Crippen molar-refractivity contribution in [3.8, 4) is 0 Å². The summed E-state index contributed by atoms with van der Waals surface area (Å²) in [4.78, 5) is 10.3. The van der Waals surface area contributed by atoms with Crippen LogP contribution in [0.4, 0.5) is 0 Å². The summed E-state index contributed by atoms with van der Waals surface area (Å²) in [6.07, 6.45) is 0.824. The first kappa shape index (κ1) is 7.44. The van der Waals surface area contributed by atoms with Crippen LogP contribution in [-0.2, 0) is 0 Å². The third kappa shape index (κ3) is 1.42. The molecule has 0 bridgehead atoms. The zero-order valence-electron chi connectivity index (χ0n) is 4.23. The van der Waals surface area contributed by atoms with E-state index in [1.165, 1.54) is 11.3 Å². The Morgan fingerprint density at radius 1 is 1.56 bits per heavy atom. The average molecular weight is 270 g/mol. The highest BCUT2D eigenvalue weighted by atomic mass is 79.9. The van der Waals surface area contributed by atoms with Crippen molar-refractivity contribution in [3.63, 3.8) is 0 Å². The Bertz CT molecular complexity index is 211. The van der Waals surface area contributed by atoms with Crippen LogP contribution in [0.5, 0.6) is 0 Å². The maximum Gasteiger partial charge on any atom is 0.153 e. The Balaban J connectivity index is 3.22. The van der Waals surface area contributed by atoms with Gasteiger partial charge in [0.15, 0.2) is 6.29 Å². The van der Waals surface area contributed by atoms with E-state index in [0.717, 1.165) is 14.5 Å². The van der Waals surface area contributed by atoms with E-state index in [4.69, 9.17) is 0 Å². The van der Waals surface area contributed by atoms with Crippen LogP contribution in [0.3, 0.4) is 0 Å². The Kier molecular flexibility index (Phi) is 2.43. The fraction of sp³-hybridized carbons (Fsp3) is 0. The quantitative estimate of drug-likeness (QED) is 0.716. The lowest BCUT2D eigenvalue weighted by Crippen LogP contribution is -1.73. The molecular formula is C5H2Br2OS. The fourth-order valence-electron chi connectivity index (χ4n) is 0.427. The summed E-state index contributed by atoms with van der Waals surface area (Å²) < 4.78 is 1.73. The van der Waals surface area contributed by atoms with Crippen molar-refractivity contribution < 1.29 is 4.79 Å². The normalized spacial score (nSPS) is 9.56. The molecule has 0 spiro atoms. The van der Waals surface area contributed by atoms with Gasteiger partial charge in [0.05, 0.1) is 9.35 Å². The highest BCUT2D eigenvalue weighted by molar-refractivity contribution is 9.11. The van der Waals surface area contributed by atoms with Crippen LogP contribution in [0, 0.1) is 0 Å². The van der Waals surface area contributed by atoms with E-state index in [1.54, 1.807) is 0 Å². The van der Waals surface area contributed by atoms with Crippen molar-refractivity contribution in [1.82, 2.24) is 0 Å². The third-order valence-electron chi connectivity index (χ3n) is 0.853.